The van der Waals surface area contributed by atoms with Gasteiger partial charge in [0.25, 0.3) is 0 Å². The van der Waals surface area contributed by atoms with Crippen LogP contribution < -0.4 is 21.1 Å². The number of ether oxygens (including phenoxy) is 1. The number of amides is 2. The van der Waals surface area contributed by atoms with Crippen LogP contribution in [-0.4, -0.2) is 16.0 Å². The van der Waals surface area contributed by atoms with Gasteiger partial charge in [0.1, 0.15) is 5.75 Å². The summed E-state index contributed by atoms with van der Waals surface area (Å²) in [4.78, 5) is 20.0. The first-order valence-corrected chi connectivity index (χ1v) is 9.50. The maximum Gasteiger partial charge on any atom is 0.316 e. The molecule has 0 radical (unpaired) electrons. The number of benzene rings is 3. The number of fused-ring (bicyclic) bond motifs is 1. The van der Waals surface area contributed by atoms with Crippen molar-refractivity contribution in [2.45, 2.75) is 6.92 Å². The molecule has 4 rings (SSSR count). The fraction of sp³-hybridized carbons (Fsp3) is 0.0455. The van der Waals surface area contributed by atoms with Crippen LogP contribution in [0.1, 0.15) is 5.56 Å². The summed E-state index contributed by atoms with van der Waals surface area (Å²) in [6, 6.07) is 17.6. The lowest BCUT2D eigenvalue weighted by Gasteiger charge is -2.13. The molecule has 0 spiro atoms. The van der Waals surface area contributed by atoms with Gasteiger partial charge in [-0.25, -0.2) is 9.78 Å². The number of anilines is 3. The molecule has 0 bridgehead atoms. The van der Waals surface area contributed by atoms with Gasteiger partial charge in [-0.3, -0.25) is 0 Å². The molecule has 3 aromatic carbocycles. The number of aryl methyl sites for hydroxylation is 1. The van der Waals surface area contributed by atoms with E-state index in [9.17, 15) is 4.79 Å². The first kappa shape index (κ1) is 19.5. The van der Waals surface area contributed by atoms with Gasteiger partial charge in [0.15, 0.2) is 0 Å². The van der Waals surface area contributed by atoms with Gasteiger partial charge in [-0.05, 0) is 42.8 Å². The summed E-state index contributed by atoms with van der Waals surface area (Å²) < 4.78 is 6.02. The Hall–Kier alpha value is -3.84. The van der Waals surface area contributed by atoms with Crippen molar-refractivity contribution in [3.8, 4) is 11.6 Å². The number of urea groups is 1. The summed E-state index contributed by atoms with van der Waals surface area (Å²) in [6.07, 6.45) is 1.61. The zero-order chi connectivity index (χ0) is 21.1. The van der Waals surface area contributed by atoms with Crippen molar-refractivity contribution in [2.75, 3.05) is 10.6 Å². The quantitative estimate of drug-likeness (QED) is 0.389. The van der Waals surface area contributed by atoms with Gasteiger partial charge >= 0.3 is 6.03 Å². The lowest BCUT2D eigenvalue weighted by atomic mass is 10.1. The number of nitrogens with two attached hydrogens (primary N) is 1. The van der Waals surface area contributed by atoms with Crippen LogP contribution in [0.25, 0.3) is 10.8 Å². The highest BCUT2D eigenvalue weighted by Gasteiger charge is 2.10. The van der Waals surface area contributed by atoms with Crippen molar-refractivity contribution in [3.63, 3.8) is 0 Å². The Morgan fingerprint density at radius 1 is 1.03 bits per heavy atom. The van der Waals surface area contributed by atoms with Crippen molar-refractivity contribution >= 4 is 45.7 Å². The molecule has 0 fully saturated rings. The third kappa shape index (κ3) is 4.26. The number of nitrogens with zero attached hydrogens (tertiary/aromatic N) is 2. The minimum atomic E-state index is -0.627. The molecule has 7 nitrogen and oxygen atoms in total. The van der Waals surface area contributed by atoms with E-state index < -0.39 is 6.03 Å². The van der Waals surface area contributed by atoms with E-state index in [0.29, 0.717) is 28.3 Å². The van der Waals surface area contributed by atoms with Gasteiger partial charge in [0, 0.05) is 33.7 Å². The number of nitrogens with one attached hydrogen (secondary N) is 2. The van der Waals surface area contributed by atoms with Crippen LogP contribution in [0.2, 0.25) is 5.02 Å². The summed E-state index contributed by atoms with van der Waals surface area (Å²) in [6.45, 7) is 1.95. The molecule has 30 heavy (non-hydrogen) atoms. The van der Waals surface area contributed by atoms with Gasteiger partial charge < -0.3 is 21.1 Å². The maximum atomic E-state index is 11.3. The summed E-state index contributed by atoms with van der Waals surface area (Å²) in [7, 11) is 0. The number of halogens is 1. The molecule has 0 unspecified atom stereocenters. The van der Waals surface area contributed by atoms with E-state index in [0.717, 1.165) is 22.0 Å². The molecular weight excluding hydrogens is 402 g/mol. The second-order valence-electron chi connectivity index (χ2n) is 6.55. The molecule has 0 atom stereocenters. The van der Waals surface area contributed by atoms with Crippen LogP contribution in [0.3, 0.4) is 0 Å². The first-order valence-electron chi connectivity index (χ1n) is 9.12. The fourth-order valence-corrected chi connectivity index (χ4v) is 3.29. The standard InChI is InChI=1S/C22H18ClN5O2/c1-13-12-14(23)6-7-17(13)27-22-25-11-10-20(28-22)30-19-9-8-18(26-21(24)29)15-4-2-3-5-16(15)19/h2-12H,1H3,(H3,24,26,29)(H,25,27,28). The van der Waals surface area contributed by atoms with Gasteiger partial charge in [-0.15, -0.1) is 0 Å². The number of carbonyl (C=O) groups excluding carboxylic acids is 1. The van der Waals surface area contributed by atoms with Crippen molar-refractivity contribution in [1.29, 1.82) is 0 Å². The Bertz CT molecular complexity index is 1250. The molecule has 4 aromatic rings. The second-order valence-corrected chi connectivity index (χ2v) is 6.99. The van der Waals surface area contributed by atoms with Gasteiger partial charge in [-0.2, -0.15) is 4.98 Å². The Morgan fingerprint density at radius 2 is 1.80 bits per heavy atom. The Labute approximate surface area is 177 Å². The summed E-state index contributed by atoms with van der Waals surface area (Å²) in [5.41, 5.74) is 7.69. The molecule has 0 saturated carbocycles. The first-order chi connectivity index (χ1) is 14.5. The molecule has 2 amide bonds. The molecule has 0 saturated heterocycles. The van der Waals surface area contributed by atoms with Crippen LogP contribution in [0.15, 0.2) is 66.9 Å². The van der Waals surface area contributed by atoms with Crippen LogP contribution in [0, 0.1) is 6.92 Å². The lowest BCUT2D eigenvalue weighted by Crippen LogP contribution is -2.19. The highest BCUT2D eigenvalue weighted by molar-refractivity contribution is 6.30. The molecule has 8 heteroatoms. The summed E-state index contributed by atoms with van der Waals surface area (Å²) in [5, 5.41) is 8.07. The monoisotopic (exact) mass is 419 g/mol. The minimum Gasteiger partial charge on any atom is -0.438 e. The van der Waals surface area contributed by atoms with Crippen molar-refractivity contribution < 1.29 is 9.53 Å². The largest absolute Gasteiger partial charge is 0.438 e. The molecule has 1 aromatic heterocycles. The zero-order valence-electron chi connectivity index (χ0n) is 16.0. The average molecular weight is 420 g/mol. The van der Waals surface area contributed by atoms with E-state index in [2.05, 4.69) is 20.6 Å². The zero-order valence-corrected chi connectivity index (χ0v) is 16.8. The maximum absolute atomic E-state index is 11.3. The normalized spacial score (nSPS) is 10.6. The Morgan fingerprint density at radius 3 is 2.57 bits per heavy atom. The summed E-state index contributed by atoms with van der Waals surface area (Å²) >= 11 is 6.01. The van der Waals surface area contributed by atoms with Gasteiger partial charge in [-0.1, -0.05) is 35.9 Å². The Kier molecular flexibility index (Phi) is 5.36. The highest BCUT2D eigenvalue weighted by Crippen LogP contribution is 2.34. The minimum absolute atomic E-state index is 0.375. The van der Waals surface area contributed by atoms with E-state index in [1.54, 1.807) is 30.5 Å². The number of rotatable bonds is 5. The lowest BCUT2D eigenvalue weighted by molar-refractivity contribution is 0.259. The van der Waals surface area contributed by atoms with Crippen molar-refractivity contribution in [3.05, 3.63) is 77.4 Å². The topological polar surface area (TPSA) is 102 Å². The van der Waals surface area contributed by atoms with E-state index in [4.69, 9.17) is 22.1 Å². The number of hydrogen-bond acceptors (Lipinski definition) is 5. The predicted molar refractivity (Wildman–Crippen MR) is 119 cm³/mol. The Balaban J connectivity index is 1.63. The number of aromatic nitrogens is 2. The third-order valence-corrected chi connectivity index (χ3v) is 4.66. The van der Waals surface area contributed by atoms with E-state index in [-0.39, 0.29) is 0 Å². The SMILES string of the molecule is Cc1cc(Cl)ccc1Nc1nccc(Oc2ccc(NC(N)=O)c3ccccc23)n1. The molecule has 4 N–H and O–H groups in total. The molecule has 0 aliphatic rings. The van der Waals surface area contributed by atoms with Crippen LogP contribution in [0.4, 0.5) is 22.1 Å². The van der Waals surface area contributed by atoms with Crippen LogP contribution >= 0.6 is 11.6 Å². The third-order valence-electron chi connectivity index (χ3n) is 4.42. The molecule has 0 aliphatic heterocycles. The van der Waals surface area contributed by atoms with Gasteiger partial charge in [0.05, 0.1) is 5.69 Å². The molecule has 0 aliphatic carbocycles. The smallest absolute Gasteiger partial charge is 0.316 e. The molecule has 150 valence electrons. The molecular formula is C22H18ClN5O2. The van der Waals surface area contributed by atoms with E-state index in [1.165, 1.54) is 0 Å². The number of primary amides is 1. The average Bonchev–Trinajstić information content (AvgIpc) is 2.72. The predicted octanol–water partition coefficient (Wildman–Crippen LogP) is 5.62. The van der Waals surface area contributed by atoms with E-state index >= 15 is 0 Å². The molecule has 1 heterocycles. The van der Waals surface area contributed by atoms with E-state index in [1.807, 2.05) is 43.3 Å². The second kappa shape index (κ2) is 8.26. The van der Waals surface area contributed by atoms with Crippen LogP contribution in [0.5, 0.6) is 11.6 Å². The van der Waals surface area contributed by atoms with Gasteiger partial charge in [0.2, 0.25) is 11.8 Å². The van der Waals surface area contributed by atoms with Crippen molar-refractivity contribution in [2.24, 2.45) is 5.73 Å². The van der Waals surface area contributed by atoms with Crippen LogP contribution in [-0.2, 0) is 0 Å². The fourth-order valence-electron chi connectivity index (χ4n) is 3.06. The van der Waals surface area contributed by atoms with Crippen molar-refractivity contribution in [1.82, 2.24) is 9.97 Å². The number of carbonyl (C=O) groups is 1. The highest BCUT2D eigenvalue weighted by atomic mass is 35.5. The summed E-state index contributed by atoms with van der Waals surface area (Å²) in [5.74, 6) is 1.36. The number of hydrogen-bond donors (Lipinski definition) is 3.